The average molecular weight is 268 g/mol. The molecule has 0 aliphatic heterocycles. The number of hydrogen-bond donors (Lipinski definition) is 1. The molecule has 106 valence electrons. The number of fused-ring (bicyclic) bond motifs is 3. The Morgan fingerprint density at radius 3 is 2.80 bits per heavy atom. The quantitative estimate of drug-likeness (QED) is 0.883. The third-order valence-corrected chi connectivity index (χ3v) is 4.25. The van der Waals surface area contributed by atoms with Gasteiger partial charge in [-0.15, -0.1) is 0 Å². The van der Waals surface area contributed by atoms with Gasteiger partial charge in [0.1, 0.15) is 5.82 Å². The number of benzene rings is 1. The number of nitrogens with one attached hydrogen (secondary N) is 1. The van der Waals surface area contributed by atoms with Crippen molar-refractivity contribution in [1.29, 1.82) is 0 Å². The Bertz CT molecular complexity index is 616. The average Bonchev–Trinajstić information content (AvgIpc) is 2.48. The predicted molar refractivity (Wildman–Crippen MR) is 86.5 cm³/mol. The van der Waals surface area contributed by atoms with Crippen LogP contribution in [0, 0.1) is 0 Å². The number of nitrogens with zero attached hydrogens (tertiary/aromatic N) is 1. The summed E-state index contributed by atoms with van der Waals surface area (Å²) < 4.78 is 0. The first-order valence-corrected chi connectivity index (χ1v) is 8.01. The van der Waals surface area contributed by atoms with E-state index in [4.69, 9.17) is 4.98 Å². The summed E-state index contributed by atoms with van der Waals surface area (Å²) in [6, 6.07) is 6.93. The van der Waals surface area contributed by atoms with Crippen molar-refractivity contribution in [1.82, 2.24) is 4.98 Å². The van der Waals surface area contributed by atoms with Gasteiger partial charge in [0, 0.05) is 11.9 Å². The summed E-state index contributed by atoms with van der Waals surface area (Å²) in [5.41, 5.74) is 5.61. The Labute approximate surface area is 121 Å². The van der Waals surface area contributed by atoms with E-state index in [1.807, 2.05) is 0 Å². The monoisotopic (exact) mass is 268 g/mol. The summed E-state index contributed by atoms with van der Waals surface area (Å²) in [6.07, 6.45) is 7.31. The Balaban J connectivity index is 2.17. The molecule has 1 heterocycles. The molecule has 0 unspecified atom stereocenters. The van der Waals surface area contributed by atoms with Gasteiger partial charge in [-0.05, 0) is 61.8 Å². The molecule has 3 rings (SSSR count). The minimum Gasteiger partial charge on any atom is -0.370 e. The molecule has 0 radical (unpaired) electrons. The fourth-order valence-electron chi connectivity index (χ4n) is 3.30. The third-order valence-electron chi connectivity index (χ3n) is 4.25. The molecule has 1 aliphatic rings. The topological polar surface area (TPSA) is 24.9 Å². The lowest BCUT2D eigenvalue weighted by atomic mass is 9.89. The van der Waals surface area contributed by atoms with Crippen LogP contribution in [0.5, 0.6) is 0 Å². The Kier molecular flexibility index (Phi) is 3.90. The number of hydrogen-bond acceptors (Lipinski definition) is 2. The van der Waals surface area contributed by atoms with Crippen LogP contribution in [-0.4, -0.2) is 11.5 Å². The molecule has 0 fully saturated rings. The molecule has 0 amide bonds. The van der Waals surface area contributed by atoms with E-state index in [1.165, 1.54) is 53.3 Å². The van der Waals surface area contributed by atoms with E-state index in [1.54, 1.807) is 0 Å². The summed E-state index contributed by atoms with van der Waals surface area (Å²) in [5, 5.41) is 4.76. The molecule has 2 aromatic rings. The molecule has 0 bridgehead atoms. The van der Waals surface area contributed by atoms with Gasteiger partial charge in [0.05, 0.1) is 5.52 Å². The second kappa shape index (κ2) is 5.82. The maximum atomic E-state index is 4.99. The molecular formula is C18H24N2. The van der Waals surface area contributed by atoms with Gasteiger partial charge in [-0.2, -0.15) is 0 Å². The molecule has 0 saturated heterocycles. The van der Waals surface area contributed by atoms with E-state index in [0.29, 0.717) is 0 Å². The van der Waals surface area contributed by atoms with Crippen molar-refractivity contribution in [3.05, 3.63) is 34.9 Å². The third kappa shape index (κ3) is 2.39. The lowest BCUT2D eigenvalue weighted by molar-refractivity contribution is 0.689. The van der Waals surface area contributed by atoms with Gasteiger partial charge in [0.15, 0.2) is 0 Å². The van der Waals surface area contributed by atoms with Crippen molar-refractivity contribution in [3.63, 3.8) is 0 Å². The van der Waals surface area contributed by atoms with Crippen LogP contribution in [0.15, 0.2) is 18.2 Å². The molecule has 20 heavy (non-hydrogen) atoms. The molecule has 1 aromatic carbocycles. The van der Waals surface area contributed by atoms with Crippen LogP contribution in [0.1, 0.15) is 49.8 Å². The van der Waals surface area contributed by atoms with Gasteiger partial charge in [0.2, 0.25) is 0 Å². The van der Waals surface area contributed by atoms with Gasteiger partial charge >= 0.3 is 0 Å². The smallest absolute Gasteiger partial charge is 0.129 e. The summed E-state index contributed by atoms with van der Waals surface area (Å²) >= 11 is 0. The maximum Gasteiger partial charge on any atom is 0.129 e. The van der Waals surface area contributed by atoms with E-state index in [2.05, 4.69) is 37.4 Å². The van der Waals surface area contributed by atoms with E-state index < -0.39 is 0 Å². The van der Waals surface area contributed by atoms with Crippen LogP contribution in [0.3, 0.4) is 0 Å². The first-order chi connectivity index (χ1) is 9.83. The van der Waals surface area contributed by atoms with E-state index in [0.717, 1.165) is 25.2 Å². The summed E-state index contributed by atoms with van der Waals surface area (Å²) in [7, 11) is 0. The number of rotatable bonds is 4. The van der Waals surface area contributed by atoms with Crippen LogP contribution in [0.4, 0.5) is 5.82 Å². The minimum atomic E-state index is 0.935. The summed E-state index contributed by atoms with van der Waals surface area (Å²) in [6.45, 7) is 5.30. The minimum absolute atomic E-state index is 0.935. The van der Waals surface area contributed by atoms with E-state index in [-0.39, 0.29) is 0 Å². The maximum absolute atomic E-state index is 4.99. The highest BCUT2D eigenvalue weighted by molar-refractivity contribution is 5.86. The Morgan fingerprint density at radius 1 is 1.15 bits per heavy atom. The molecule has 2 nitrogen and oxygen atoms in total. The lowest BCUT2D eigenvalue weighted by Gasteiger charge is -2.19. The summed E-state index contributed by atoms with van der Waals surface area (Å²) in [4.78, 5) is 4.99. The van der Waals surface area contributed by atoms with Crippen LogP contribution in [0.25, 0.3) is 10.9 Å². The van der Waals surface area contributed by atoms with E-state index in [9.17, 15) is 0 Å². The fourth-order valence-corrected chi connectivity index (χ4v) is 3.30. The number of pyridine rings is 1. The highest BCUT2D eigenvalue weighted by atomic mass is 15.0. The van der Waals surface area contributed by atoms with Crippen molar-refractivity contribution < 1.29 is 0 Å². The number of anilines is 1. The Morgan fingerprint density at radius 2 is 2.00 bits per heavy atom. The normalized spacial score (nSPS) is 14.3. The van der Waals surface area contributed by atoms with E-state index >= 15 is 0 Å². The van der Waals surface area contributed by atoms with Crippen molar-refractivity contribution in [2.24, 2.45) is 0 Å². The van der Waals surface area contributed by atoms with Crippen molar-refractivity contribution in [2.75, 3.05) is 11.9 Å². The van der Waals surface area contributed by atoms with Crippen LogP contribution < -0.4 is 5.32 Å². The second-order valence-corrected chi connectivity index (χ2v) is 5.76. The number of aryl methyl sites for hydroxylation is 3. The predicted octanol–water partition coefficient (Wildman–Crippen LogP) is 4.50. The molecule has 2 heteroatoms. The highest BCUT2D eigenvalue weighted by Crippen LogP contribution is 2.30. The first kappa shape index (κ1) is 13.4. The molecule has 1 aliphatic carbocycles. The standard InChI is InChI=1S/C18H24N2/c1-3-7-15-12-14-11-10-13-8-5-6-9-16(13)17(14)20-18(15)19-4-2/h10-12H,3-9H2,1-2H3,(H,19,20). The van der Waals surface area contributed by atoms with Gasteiger partial charge < -0.3 is 5.32 Å². The zero-order valence-electron chi connectivity index (χ0n) is 12.6. The van der Waals surface area contributed by atoms with Gasteiger partial charge in [-0.25, -0.2) is 4.98 Å². The lowest BCUT2D eigenvalue weighted by Crippen LogP contribution is -2.08. The van der Waals surface area contributed by atoms with Crippen LogP contribution in [0.2, 0.25) is 0 Å². The molecule has 0 spiro atoms. The molecule has 0 saturated carbocycles. The van der Waals surface area contributed by atoms with Gasteiger partial charge in [0.25, 0.3) is 0 Å². The van der Waals surface area contributed by atoms with Crippen molar-refractivity contribution >= 4 is 16.7 Å². The zero-order chi connectivity index (χ0) is 13.9. The SMILES string of the molecule is CCCc1cc2ccc3c(c2nc1NCC)CCCC3. The number of aromatic nitrogens is 1. The highest BCUT2D eigenvalue weighted by Gasteiger charge is 2.15. The molecular weight excluding hydrogens is 244 g/mol. The second-order valence-electron chi connectivity index (χ2n) is 5.76. The van der Waals surface area contributed by atoms with Crippen molar-refractivity contribution in [3.8, 4) is 0 Å². The van der Waals surface area contributed by atoms with Gasteiger partial charge in [-0.1, -0.05) is 25.5 Å². The first-order valence-electron chi connectivity index (χ1n) is 8.01. The van der Waals surface area contributed by atoms with Crippen LogP contribution in [-0.2, 0) is 19.3 Å². The van der Waals surface area contributed by atoms with Gasteiger partial charge in [-0.3, -0.25) is 0 Å². The fraction of sp³-hybridized carbons (Fsp3) is 0.500. The Hall–Kier alpha value is -1.57. The molecule has 0 atom stereocenters. The summed E-state index contributed by atoms with van der Waals surface area (Å²) in [5.74, 6) is 1.10. The zero-order valence-corrected chi connectivity index (χ0v) is 12.6. The van der Waals surface area contributed by atoms with Crippen molar-refractivity contribution in [2.45, 2.75) is 52.4 Å². The molecule has 1 aromatic heterocycles. The van der Waals surface area contributed by atoms with Crippen LogP contribution >= 0.6 is 0 Å². The molecule has 1 N–H and O–H groups in total. The largest absolute Gasteiger partial charge is 0.370 e.